The van der Waals surface area contributed by atoms with Crippen LogP contribution in [0.15, 0.2) is 60.7 Å². The van der Waals surface area contributed by atoms with Gasteiger partial charge >= 0.3 is 0 Å². The first-order chi connectivity index (χ1) is 13.7. The lowest BCUT2D eigenvalue weighted by atomic mass is 10.1. The third kappa shape index (κ3) is 5.39. The Hall–Kier alpha value is -3.22. The largest absolute Gasteiger partial charge is 0.369 e. The molecule has 0 spiro atoms. The summed E-state index contributed by atoms with van der Waals surface area (Å²) >= 11 is 0. The Bertz CT molecular complexity index is 882. The number of rotatable bonds is 6. The molecule has 2 aromatic carbocycles. The van der Waals surface area contributed by atoms with Crippen LogP contribution in [0.5, 0.6) is 0 Å². The Morgan fingerprint density at radius 1 is 0.964 bits per heavy atom. The number of carbonyl (C=O) groups is 2. The van der Waals surface area contributed by atoms with Crippen LogP contribution in [0, 0.1) is 0 Å². The molecule has 0 unspecified atom stereocenters. The van der Waals surface area contributed by atoms with Crippen molar-refractivity contribution in [2.45, 2.75) is 0 Å². The molecule has 144 valence electrons. The zero-order valence-electron chi connectivity index (χ0n) is 15.5. The monoisotopic (exact) mass is 377 g/mol. The van der Waals surface area contributed by atoms with E-state index in [2.05, 4.69) is 10.2 Å². The molecule has 1 fully saturated rings. The van der Waals surface area contributed by atoms with E-state index in [1.807, 2.05) is 48.5 Å². The van der Waals surface area contributed by atoms with Crippen molar-refractivity contribution in [3.63, 3.8) is 0 Å². The van der Waals surface area contributed by atoms with Crippen LogP contribution in [-0.2, 0) is 4.79 Å². The molecule has 3 rings (SSSR count). The number of hydrogen-bond donors (Lipinski definition) is 3. The number of carbonyl (C=O) groups excluding carboxylic acids is 2. The summed E-state index contributed by atoms with van der Waals surface area (Å²) in [6, 6.07) is 15.1. The quantitative estimate of drug-likeness (QED) is 0.312. The summed E-state index contributed by atoms with van der Waals surface area (Å²) in [5.74, 6) is -0.659. The third-order valence-electron chi connectivity index (χ3n) is 4.51. The van der Waals surface area contributed by atoms with Crippen LogP contribution in [0.2, 0.25) is 0 Å². The first kappa shape index (κ1) is 19.5. The Kier molecular flexibility index (Phi) is 6.73. The van der Waals surface area contributed by atoms with Gasteiger partial charge < -0.3 is 10.2 Å². The molecule has 0 radical (unpaired) electrons. The molecule has 1 aliphatic heterocycles. The lowest BCUT2D eigenvalue weighted by Crippen LogP contribution is -2.43. The highest BCUT2D eigenvalue weighted by Crippen LogP contribution is 2.17. The molecular weight excluding hydrogens is 354 g/mol. The zero-order valence-corrected chi connectivity index (χ0v) is 15.5. The third-order valence-corrected chi connectivity index (χ3v) is 4.51. The fourth-order valence-electron chi connectivity index (χ4n) is 3.00. The number of nitrogens with zero attached hydrogens (tertiary/aromatic N) is 1. The van der Waals surface area contributed by atoms with Crippen molar-refractivity contribution >= 4 is 29.5 Å². The van der Waals surface area contributed by atoms with Gasteiger partial charge in [0.05, 0.1) is 0 Å². The summed E-state index contributed by atoms with van der Waals surface area (Å²) in [6.45, 7) is 3.89. The van der Waals surface area contributed by atoms with Gasteiger partial charge in [-0.3, -0.25) is 14.8 Å². The van der Waals surface area contributed by atoms with Gasteiger partial charge in [0.2, 0.25) is 0 Å². The van der Waals surface area contributed by atoms with Crippen LogP contribution >= 0.6 is 0 Å². The molecule has 0 aliphatic carbocycles. The van der Waals surface area contributed by atoms with Crippen molar-refractivity contribution in [2.24, 2.45) is 0 Å². The van der Waals surface area contributed by atoms with Gasteiger partial charge in [-0.1, -0.05) is 24.3 Å². The predicted octanol–water partition coefficient (Wildman–Crippen LogP) is 2.51. The number of allylic oxidation sites excluding steroid dienone is 1. The highest BCUT2D eigenvalue weighted by atomic mass is 16.5. The summed E-state index contributed by atoms with van der Waals surface area (Å²) in [5, 5.41) is 11.8. The van der Waals surface area contributed by atoms with Crippen molar-refractivity contribution in [2.75, 3.05) is 31.1 Å². The molecule has 6 nitrogen and oxygen atoms in total. The molecular formula is C22H23N3O3. The minimum atomic E-state index is -0.597. The smallest absolute Gasteiger partial charge is 0.267 e. The molecule has 6 heteroatoms. The van der Waals surface area contributed by atoms with Crippen molar-refractivity contribution in [1.29, 1.82) is 0 Å². The van der Waals surface area contributed by atoms with Crippen LogP contribution in [0.25, 0.3) is 12.2 Å². The summed E-state index contributed by atoms with van der Waals surface area (Å²) < 4.78 is 0. The van der Waals surface area contributed by atoms with E-state index in [1.165, 1.54) is 6.08 Å². The van der Waals surface area contributed by atoms with Crippen LogP contribution in [0.4, 0.5) is 5.69 Å². The maximum atomic E-state index is 12.4. The van der Waals surface area contributed by atoms with Gasteiger partial charge in [0.1, 0.15) is 0 Å². The number of benzene rings is 2. The fourth-order valence-corrected chi connectivity index (χ4v) is 3.00. The highest BCUT2D eigenvalue weighted by molar-refractivity contribution is 6.07. The summed E-state index contributed by atoms with van der Waals surface area (Å²) in [6.07, 6.45) is 6.10. The molecule has 1 aliphatic rings. The molecule has 0 bridgehead atoms. The summed E-state index contributed by atoms with van der Waals surface area (Å²) in [5.41, 5.74) is 4.95. The van der Waals surface area contributed by atoms with Gasteiger partial charge in [-0.05, 0) is 53.6 Å². The number of amides is 1. The van der Waals surface area contributed by atoms with Gasteiger partial charge in [-0.2, -0.15) is 0 Å². The fraction of sp³-hybridized carbons (Fsp3) is 0.182. The van der Waals surface area contributed by atoms with Gasteiger partial charge in [0.15, 0.2) is 5.78 Å². The first-order valence-corrected chi connectivity index (χ1v) is 9.16. The summed E-state index contributed by atoms with van der Waals surface area (Å²) in [4.78, 5) is 25.8. The van der Waals surface area contributed by atoms with E-state index in [1.54, 1.807) is 23.7 Å². The molecule has 1 amide bonds. The van der Waals surface area contributed by atoms with Crippen molar-refractivity contribution in [3.05, 3.63) is 77.4 Å². The van der Waals surface area contributed by atoms with Crippen molar-refractivity contribution < 1.29 is 14.8 Å². The van der Waals surface area contributed by atoms with Crippen LogP contribution in [0.3, 0.4) is 0 Å². The molecule has 1 heterocycles. The zero-order chi connectivity index (χ0) is 19.8. The maximum Gasteiger partial charge on any atom is 0.267 e. The summed E-state index contributed by atoms with van der Waals surface area (Å²) in [7, 11) is 0. The molecule has 1 saturated heterocycles. The second-order valence-corrected chi connectivity index (χ2v) is 6.46. The molecule has 0 aromatic heterocycles. The lowest BCUT2D eigenvalue weighted by molar-refractivity contribution is -0.124. The minimum Gasteiger partial charge on any atom is -0.369 e. The normalized spacial score (nSPS) is 14.5. The lowest BCUT2D eigenvalue weighted by Gasteiger charge is -2.29. The van der Waals surface area contributed by atoms with Crippen LogP contribution in [0.1, 0.15) is 21.5 Å². The molecule has 3 N–H and O–H groups in total. The van der Waals surface area contributed by atoms with E-state index in [-0.39, 0.29) is 5.78 Å². The van der Waals surface area contributed by atoms with E-state index in [0.717, 1.165) is 43.0 Å². The number of hydroxylamine groups is 1. The number of anilines is 1. The van der Waals surface area contributed by atoms with Crippen molar-refractivity contribution in [3.8, 4) is 0 Å². The predicted molar refractivity (Wildman–Crippen MR) is 110 cm³/mol. The molecule has 0 atom stereocenters. The highest BCUT2D eigenvalue weighted by Gasteiger charge is 2.10. The van der Waals surface area contributed by atoms with E-state index in [4.69, 9.17) is 5.21 Å². The SMILES string of the molecule is O=C(/C=C/c1cccc(/C=C/C(=O)c2ccc(N3CCNCC3)cc2)c1)NO. The average molecular weight is 377 g/mol. The Labute approximate surface area is 164 Å². The van der Waals surface area contributed by atoms with Gasteiger partial charge in [0, 0.05) is 43.5 Å². The van der Waals surface area contributed by atoms with Crippen LogP contribution in [-0.4, -0.2) is 43.1 Å². The molecule has 0 saturated carbocycles. The maximum absolute atomic E-state index is 12.4. The topological polar surface area (TPSA) is 81.7 Å². The molecule has 2 aromatic rings. The second kappa shape index (κ2) is 9.64. The number of nitrogens with one attached hydrogen (secondary N) is 2. The Morgan fingerprint density at radius 2 is 1.61 bits per heavy atom. The number of piperazine rings is 1. The van der Waals surface area contributed by atoms with E-state index < -0.39 is 5.91 Å². The average Bonchev–Trinajstić information content (AvgIpc) is 2.76. The van der Waals surface area contributed by atoms with Crippen molar-refractivity contribution in [1.82, 2.24) is 10.8 Å². The van der Waals surface area contributed by atoms with Gasteiger partial charge in [-0.25, -0.2) is 5.48 Å². The van der Waals surface area contributed by atoms with Crippen LogP contribution < -0.4 is 15.7 Å². The number of hydrogen-bond acceptors (Lipinski definition) is 5. The Balaban J connectivity index is 1.64. The van der Waals surface area contributed by atoms with E-state index in [9.17, 15) is 9.59 Å². The van der Waals surface area contributed by atoms with Gasteiger partial charge in [0.25, 0.3) is 5.91 Å². The van der Waals surface area contributed by atoms with E-state index >= 15 is 0 Å². The Morgan fingerprint density at radius 3 is 2.25 bits per heavy atom. The van der Waals surface area contributed by atoms with E-state index in [0.29, 0.717) is 5.56 Å². The second-order valence-electron chi connectivity index (χ2n) is 6.46. The number of ketones is 1. The standard InChI is InChI=1S/C22H23N3O3/c26-21(19-6-8-20(9-7-19)25-14-12-23-13-15-25)10-4-17-2-1-3-18(16-17)5-11-22(27)24-28/h1-11,16,23,28H,12-15H2,(H,24,27)/b10-4+,11-5+. The minimum absolute atomic E-state index is 0.0625. The molecule has 28 heavy (non-hydrogen) atoms. The first-order valence-electron chi connectivity index (χ1n) is 9.16. The van der Waals surface area contributed by atoms with Gasteiger partial charge in [-0.15, -0.1) is 0 Å².